The van der Waals surface area contributed by atoms with Crippen molar-refractivity contribution in [2.75, 3.05) is 13.1 Å². The molecule has 0 spiro atoms. The molecule has 1 aromatic heterocycles. The topological polar surface area (TPSA) is 89.0 Å². The van der Waals surface area contributed by atoms with Crippen molar-refractivity contribution in [1.29, 1.82) is 0 Å². The number of hydrogen-bond donors (Lipinski definition) is 1. The zero-order chi connectivity index (χ0) is 22.0. The Bertz CT molecular complexity index is 807. The summed E-state index contributed by atoms with van der Waals surface area (Å²) in [7, 11) is 0. The van der Waals surface area contributed by atoms with Gasteiger partial charge in [-0.05, 0) is 37.5 Å². The van der Waals surface area contributed by atoms with Gasteiger partial charge in [0.2, 0.25) is 5.88 Å². The summed E-state index contributed by atoms with van der Waals surface area (Å²) in [6, 6.07) is 13.1. The number of carbonyl (C=O) groups excluding carboxylic acids is 1. The average molecular weight is 426 g/mol. The molecule has 1 saturated heterocycles. The molecule has 3 rings (SSSR count). The number of aromatic nitrogens is 1. The molecule has 0 aliphatic carbocycles. The fraction of sp³-hybridized carbons (Fsp3) is 0.350. The fourth-order valence-electron chi connectivity index (χ4n) is 2.48. The molecule has 1 aliphatic heterocycles. The van der Waals surface area contributed by atoms with Crippen LogP contribution < -0.4 is 4.74 Å². The molecule has 162 valence electrons. The number of carboxylic acid groups (broad SMARTS) is 1. The Kier molecular flexibility index (Phi) is 8.45. The summed E-state index contributed by atoms with van der Waals surface area (Å²) in [6.07, 6.45) is -0.350. The van der Waals surface area contributed by atoms with E-state index in [2.05, 4.69) is 4.98 Å². The second-order valence-corrected chi connectivity index (χ2v) is 6.33. The number of piperidine rings is 1. The van der Waals surface area contributed by atoms with Gasteiger partial charge in [0.05, 0.1) is 0 Å². The molecule has 1 amide bonds. The normalized spacial score (nSPS) is 13.6. The highest BCUT2D eigenvalue weighted by molar-refractivity contribution is 5.73. The number of para-hydroxylation sites is 1. The Hall–Kier alpha value is -3.30. The molecule has 0 bridgehead atoms. The Morgan fingerprint density at radius 1 is 1.03 bits per heavy atom. The van der Waals surface area contributed by atoms with Crippen LogP contribution in [0.4, 0.5) is 18.0 Å². The molecular weight excluding hydrogens is 405 g/mol. The number of hydrogen-bond acceptors (Lipinski definition) is 5. The van der Waals surface area contributed by atoms with Crippen LogP contribution in [-0.2, 0) is 16.1 Å². The number of carboxylic acids is 1. The summed E-state index contributed by atoms with van der Waals surface area (Å²) in [4.78, 5) is 26.8. The van der Waals surface area contributed by atoms with Gasteiger partial charge < -0.3 is 19.5 Å². The third-order valence-corrected chi connectivity index (χ3v) is 3.98. The predicted molar refractivity (Wildman–Crippen MR) is 100 cm³/mol. The lowest BCUT2D eigenvalue weighted by Gasteiger charge is -2.25. The number of amides is 1. The quantitative estimate of drug-likeness (QED) is 0.767. The largest absolute Gasteiger partial charge is 0.490 e. The Morgan fingerprint density at radius 3 is 2.20 bits per heavy atom. The zero-order valence-corrected chi connectivity index (χ0v) is 16.0. The van der Waals surface area contributed by atoms with E-state index in [0.29, 0.717) is 5.88 Å². The summed E-state index contributed by atoms with van der Waals surface area (Å²) in [5.74, 6) is -1.50. The minimum absolute atomic E-state index is 0.230. The first-order valence-corrected chi connectivity index (χ1v) is 9.15. The highest BCUT2D eigenvalue weighted by Crippen LogP contribution is 2.19. The van der Waals surface area contributed by atoms with Crippen LogP contribution in [0.15, 0.2) is 48.7 Å². The third kappa shape index (κ3) is 7.98. The molecule has 0 radical (unpaired) electrons. The van der Waals surface area contributed by atoms with Crippen LogP contribution in [0.2, 0.25) is 0 Å². The fourth-order valence-corrected chi connectivity index (χ4v) is 2.48. The second kappa shape index (κ2) is 11.0. The van der Waals surface area contributed by atoms with Crippen LogP contribution in [0, 0.1) is 0 Å². The van der Waals surface area contributed by atoms with Crippen LogP contribution in [0.1, 0.15) is 24.8 Å². The maximum absolute atomic E-state index is 11.9. The summed E-state index contributed by atoms with van der Waals surface area (Å²) in [5, 5.41) is 7.12. The Morgan fingerprint density at radius 2 is 1.67 bits per heavy atom. The minimum atomic E-state index is -5.08. The minimum Gasteiger partial charge on any atom is -0.475 e. The van der Waals surface area contributed by atoms with Crippen LogP contribution in [-0.4, -0.2) is 46.3 Å². The SMILES string of the molecule is O=C(O)C(F)(F)F.O=C(OCc1ccc(Oc2ccccc2)nc1)N1CCCCC1. The number of nitrogens with zero attached hydrogens (tertiary/aromatic N) is 2. The number of rotatable bonds is 4. The van der Waals surface area contributed by atoms with Crippen LogP contribution in [0.25, 0.3) is 0 Å². The van der Waals surface area contributed by atoms with Crippen LogP contribution in [0.5, 0.6) is 11.6 Å². The first-order chi connectivity index (χ1) is 14.3. The number of carbonyl (C=O) groups is 2. The van der Waals surface area contributed by atoms with Gasteiger partial charge in [0.15, 0.2) is 0 Å². The molecule has 0 atom stereocenters. The molecule has 1 fully saturated rings. The summed E-state index contributed by atoms with van der Waals surface area (Å²) in [5.41, 5.74) is 0.843. The van der Waals surface area contributed by atoms with E-state index >= 15 is 0 Å². The van der Waals surface area contributed by atoms with Crippen molar-refractivity contribution in [3.05, 3.63) is 54.2 Å². The lowest BCUT2D eigenvalue weighted by molar-refractivity contribution is -0.192. The molecule has 10 heteroatoms. The zero-order valence-electron chi connectivity index (χ0n) is 16.0. The standard InChI is InChI=1S/C18H20N2O3.C2HF3O2/c21-18(20-11-5-2-6-12-20)22-14-15-9-10-17(19-13-15)23-16-7-3-1-4-8-16;3-2(4,5)1(6)7/h1,3-4,7-10,13H,2,5-6,11-12,14H2;(H,6,7). The van der Waals surface area contributed by atoms with Crippen molar-refractivity contribution >= 4 is 12.1 Å². The van der Waals surface area contributed by atoms with Crippen molar-refractivity contribution in [2.45, 2.75) is 32.0 Å². The highest BCUT2D eigenvalue weighted by atomic mass is 19.4. The molecule has 2 aromatic rings. The molecule has 1 N–H and O–H groups in total. The third-order valence-electron chi connectivity index (χ3n) is 3.98. The van der Waals surface area contributed by atoms with E-state index in [0.717, 1.165) is 37.2 Å². The van der Waals surface area contributed by atoms with Gasteiger partial charge in [0.25, 0.3) is 0 Å². The number of alkyl halides is 3. The number of aliphatic carboxylic acids is 1. The molecular formula is C20H21F3N2O5. The van der Waals surface area contributed by atoms with E-state index < -0.39 is 12.1 Å². The van der Waals surface area contributed by atoms with Crippen LogP contribution >= 0.6 is 0 Å². The molecule has 1 aliphatic rings. The second-order valence-electron chi connectivity index (χ2n) is 6.33. The van der Waals surface area contributed by atoms with Gasteiger partial charge in [-0.25, -0.2) is 14.6 Å². The molecule has 2 heterocycles. The van der Waals surface area contributed by atoms with E-state index in [1.165, 1.54) is 6.42 Å². The van der Waals surface area contributed by atoms with E-state index in [-0.39, 0.29) is 12.7 Å². The molecule has 0 saturated carbocycles. The Balaban J connectivity index is 0.000000396. The van der Waals surface area contributed by atoms with Crippen LogP contribution in [0.3, 0.4) is 0 Å². The first-order valence-electron chi connectivity index (χ1n) is 9.15. The maximum atomic E-state index is 11.9. The van der Waals surface area contributed by atoms with E-state index in [1.807, 2.05) is 36.4 Å². The first kappa shape index (κ1) is 23.0. The van der Waals surface area contributed by atoms with Crippen molar-refractivity contribution in [2.24, 2.45) is 0 Å². The molecule has 1 aromatic carbocycles. The van der Waals surface area contributed by atoms with Crippen molar-refractivity contribution in [1.82, 2.24) is 9.88 Å². The van der Waals surface area contributed by atoms with Gasteiger partial charge in [0.1, 0.15) is 12.4 Å². The molecule has 30 heavy (non-hydrogen) atoms. The van der Waals surface area contributed by atoms with E-state index in [1.54, 1.807) is 17.2 Å². The van der Waals surface area contributed by atoms with Gasteiger partial charge >= 0.3 is 18.2 Å². The monoisotopic (exact) mass is 426 g/mol. The Labute approximate surface area is 171 Å². The maximum Gasteiger partial charge on any atom is 0.490 e. The van der Waals surface area contributed by atoms with Crippen molar-refractivity contribution in [3.63, 3.8) is 0 Å². The summed E-state index contributed by atoms with van der Waals surface area (Å²) < 4.78 is 42.7. The summed E-state index contributed by atoms with van der Waals surface area (Å²) in [6.45, 7) is 1.82. The highest BCUT2D eigenvalue weighted by Gasteiger charge is 2.38. The molecule has 0 unspecified atom stereocenters. The lowest BCUT2D eigenvalue weighted by atomic mass is 10.1. The van der Waals surface area contributed by atoms with Crippen molar-refractivity contribution in [3.8, 4) is 11.6 Å². The van der Waals surface area contributed by atoms with Crippen molar-refractivity contribution < 1.29 is 37.3 Å². The number of halogens is 3. The van der Waals surface area contributed by atoms with E-state index in [4.69, 9.17) is 19.4 Å². The average Bonchev–Trinajstić information content (AvgIpc) is 2.74. The van der Waals surface area contributed by atoms with Gasteiger partial charge in [-0.1, -0.05) is 18.2 Å². The number of likely N-dealkylation sites (tertiary alicyclic amines) is 1. The number of ether oxygens (including phenoxy) is 2. The number of benzene rings is 1. The predicted octanol–water partition coefficient (Wildman–Crippen LogP) is 4.63. The molecule has 7 nitrogen and oxygen atoms in total. The van der Waals surface area contributed by atoms with Gasteiger partial charge in [0, 0.05) is 30.9 Å². The lowest BCUT2D eigenvalue weighted by Crippen LogP contribution is -2.35. The smallest absolute Gasteiger partial charge is 0.475 e. The van der Waals surface area contributed by atoms with E-state index in [9.17, 15) is 18.0 Å². The van der Waals surface area contributed by atoms with Gasteiger partial charge in [-0.3, -0.25) is 0 Å². The summed E-state index contributed by atoms with van der Waals surface area (Å²) >= 11 is 0. The number of pyridine rings is 1. The van der Waals surface area contributed by atoms with Gasteiger partial charge in [-0.15, -0.1) is 0 Å². The van der Waals surface area contributed by atoms with Gasteiger partial charge in [-0.2, -0.15) is 13.2 Å².